The Balaban J connectivity index is 2.33. The molecule has 5 nitrogen and oxygen atoms in total. The van der Waals surface area contributed by atoms with Crippen LogP contribution in [0.2, 0.25) is 0 Å². The maximum atomic E-state index is 11.3. The van der Waals surface area contributed by atoms with Gasteiger partial charge in [0.2, 0.25) is 5.01 Å². The fourth-order valence-corrected chi connectivity index (χ4v) is 1.81. The van der Waals surface area contributed by atoms with Crippen molar-refractivity contribution in [2.75, 3.05) is 13.2 Å². The van der Waals surface area contributed by atoms with E-state index >= 15 is 0 Å². The molecule has 0 amide bonds. The number of carbonyl (C=O) groups excluding carboxylic acids is 1. The first kappa shape index (κ1) is 13.9. The molecule has 1 rings (SSSR count). The molecule has 0 N–H and O–H groups in total. The van der Waals surface area contributed by atoms with Gasteiger partial charge in [-0.25, -0.2) is 4.79 Å². The third-order valence-corrected chi connectivity index (χ3v) is 2.82. The van der Waals surface area contributed by atoms with E-state index in [9.17, 15) is 4.79 Å². The van der Waals surface area contributed by atoms with Crippen LogP contribution >= 0.6 is 11.3 Å². The number of hydrogen-bond acceptors (Lipinski definition) is 6. The van der Waals surface area contributed by atoms with Crippen LogP contribution in [0.25, 0.3) is 0 Å². The summed E-state index contributed by atoms with van der Waals surface area (Å²) >= 11 is 1.12. The van der Waals surface area contributed by atoms with Gasteiger partial charge in [-0.15, -0.1) is 5.10 Å². The summed E-state index contributed by atoms with van der Waals surface area (Å²) in [5.41, 5.74) is 0. The standard InChI is InChI=1S/C11H18N2O3S/c1-4-15-10(14)9-12-13-11(17-9)16-7-5-6-8(2)3/h8H,4-7H2,1-3H3. The average Bonchev–Trinajstić information content (AvgIpc) is 2.73. The minimum atomic E-state index is -0.443. The zero-order valence-electron chi connectivity index (χ0n) is 10.4. The second-order valence-electron chi connectivity index (χ2n) is 3.98. The third kappa shape index (κ3) is 5.12. The first-order valence-electron chi connectivity index (χ1n) is 5.77. The molecule has 0 aromatic carbocycles. The molecule has 0 aliphatic rings. The van der Waals surface area contributed by atoms with Crippen LogP contribution in [-0.2, 0) is 4.74 Å². The van der Waals surface area contributed by atoms with Crippen molar-refractivity contribution in [2.24, 2.45) is 5.92 Å². The van der Waals surface area contributed by atoms with E-state index in [0.717, 1.165) is 24.2 Å². The number of esters is 1. The van der Waals surface area contributed by atoms with Crippen LogP contribution in [0.1, 0.15) is 43.4 Å². The first-order chi connectivity index (χ1) is 8.13. The van der Waals surface area contributed by atoms with Crippen molar-refractivity contribution in [2.45, 2.75) is 33.6 Å². The van der Waals surface area contributed by atoms with Gasteiger partial charge in [0.25, 0.3) is 5.19 Å². The van der Waals surface area contributed by atoms with E-state index in [1.807, 2.05) is 0 Å². The molecule has 1 aromatic rings. The van der Waals surface area contributed by atoms with Gasteiger partial charge in [-0.1, -0.05) is 18.9 Å². The van der Waals surface area contributed by atoms with Gasteiger partial charge in [0.05, 0.1) is 13.2 Å². The van der Waals surface area contributed by atoms with E-state index in [-0.39, 0.29) is 5.01 Å². The summed E-state index contributed by atoms with van der Waals surface area (Å²) in [6.07, 6.45) is 2.09. The monoisotopic (exact) mass is 258 g/mol. The van der Waals surface area contributed by atoms with Crippen molar-refractivity contribution in [3.63, 3.8) is 0 Å². The Hall–Kier alpha value is -1.17. The Labute approximate surface area is 105 Å². The van der Waals surface area contributed by atoms with E-state index in [1.165, 1.54) is 0 Å². The number of rotatable bonds is 7. The van der Waals surface area contributed by atoms with Crippen LogP contribution in [-0.4, -0.2) is 29.4 Å². The Morgan fingerprint density at radius 2 is 2.18 bits per heavy atom. The van der Waals surface area contributed by atoms with Crippen LogP contribution in [0.3, 0.4) is 0 Å². The van der Waals surface area contributed by atoms with Crippen molar-refractivity contribution in [1.29, 1.82) is 0 Å². The highest BCUT2D eigenvalue weighted by atomic mass is 32.1. The fourth-order valence-electron chi connectivity index (χ4n) is 1.19. The van der Waals surface area contributed by atoms with Crippen molar-refractivity contribution in [3.8, 4) is 5.19 Å². The summed E-state index contributed by atoms with van der Waals surface area (Å²) in [5.74, 6) is 0.227. The number of ether oxygens (including phenoxy) is 2. The highest BCUT2D eigenvalue weighted by Gasteiger charge is 2.14. The number of hydrogen-bond donors (Lipinski definition) is 0. The van der Waals surface area contributed by atoms with Crippen LogP contribution < -0.4 is 4.74 Å². The predicted molar refractivity (Wildman–Crippen MR) is 65.4 cm³/mol. The molecule has 0 unspecified atom stereocenters. The maximum absolute atomic E-state index is 11.3. The Morgan fingerprint density at radius 3 is 2.82 bits per heavy atom. The van der Waals surface area contributed by atoms with Crippen LogP contribution in [0.4, 0.5) is 0 Å². The van der Waals surface area contributed by atoms with Gasteiger partial charge < -0.3 is 9.47 Å². The topological polar surface area (TPSA) is 61.3 Å². The molecule has 0 atom stereocenters. The summed E-state index contributed by atoms with van der Waals surface area (Å²) in [6, 6.07) is 0. The van der Waals surface area contributed by atoms with E-state index < -0.39 is 5.97 Å². The number of nitrogens with zero attached hydrogens (tertiary/aromatic N) is 2. The molecule has 0 saturated carbocycles. The minimum absolute atomic E-state index is 0.241. The van der Waals surface area contributed by atoms with E-state index in [0.29, 0.717) is 24.3 Å². The lowest BCUT2D eigenvalue weighted by Gasteiger charge is -2.03. The lowest BCUT2D eigenvalue weighted by molar-refractivity contribution is 0.0525. The van der Waals surface area contributed by atoms with Crippen molar-refractivity contribution in [1.82, 2.24) is 10.2 Å². The SMILES string of the molecule is CCOC(=O)c1nnc(OCCCC(C)C)s1. The molecule has 0 fully saturated rings. The molecule has 6 heteroatoms. The highest BCUT2D eigenvalue weighted by Crippen LogP contribution is 2.19. The maximum Gasteiger partial charge on any atom is 0.369 e. The van der Waals surface area contributed by atoms with Crippen LogP contribution in [0, 0.1) is 5.92 Å². The summed E-state index contributed by atoms with van der Waals surface area (Å²) < 4.78 is 10.2. The van der Waals surface area contributed by atoms with Gasteiger partial charge in [-0.05, 0) is 37.0 Å². The number of carbonyl (C=O) groups is 1. The molecular formula is C11H18N2O3S. The van der Waals surface area contributed by atoms with Crippen molar-refractivity contribution >= 4 is 17.3 Å². The molecule has 0 bridgehead atoms. The zero-order chi connectivity index (χ0) is 12.7. The minimum Gasteiger partial charge on any atom is -0.469 e. The van der Waals surface area contributed by atoms with Gasteiger partial charge >= 0.3 is 5.97 Å². The Kier molecular flexibility index (Phi) is 5.90. The van der Waals surface area contributed by atoms with Crippen molar-refractivity contribution in [3.05, 3.63) is 5.01 Å². The quantitative estimate of drug-likeness (QED) is 0.555. The third-order valence-electron chi connectivity index (χ3n) is 2.01. The van der Waals surface area contributed by atoms with Crippen LogP contribution in [0.15, 0.2) is 0 Å². The van der Waals surface area contributed by atoms with Crippen molar-refractivity contribution < 1.29 is 14.3 Å². The molecule has 17 heavy (non-hydrogen) atoms. The summed E-state index contributed by atoms with van der Waals surface area (Å²) in [6.45, 7) is 7.04. The normalized spacial score (nSPS) is 10.6. The highest BCUT2D eigenvalue weighted by molar-refractivity contribution is 7.14. The number of aromatic nitrogens is 2. The second kappa shape index (κ2) is 7.21. The van der Waals surface area contributed by atoms with E-state index in [1.54, 1.807) is 6.92 Å². The molecule has 1 aromatic heterocycles. The molecular weight excluding hydrogens is 240 g/mol. The first-order valence-corrected chi connectivity index (χ1v) is 6.58. The van der Waals surface area contributed by atoms with Gasteiger partial charge in [0, 0.05) is 0 Å². The largest absolute Gasteiger partial charge is 0.469 e. The van der Waals surface area contributed by atoms with Gasteiger partial charge in [-0.3, -0.25) is 0 Å². The van der Waals surface area contributed by atoms with Crippen LogP contribution in [0.5, 0.6) is 5.19 Å². The average molecular weight is 258 g/mol. The van der Waals surface area contributed by atoms with E-state index in [2.05, 4.69) is 24.0 Å². The summed E-state index contributed by atoms with van der Waals surface area (Å²) in [4.78, 5) is 11.3. The predicted octanol–water partition coefficient (Wildman–Crippen LogP) is 2.53. The lowest BCUT2D eigenvalue weighted by Crippen LogP contribution is -2.03. The molecule has 96 valence electrons. The molecule has 0 radical (unpaired) electrons. The van der Waals surface area contributed by atoms with Gasteiger partial charge in [0.1, 0.15) is 0 Å². The van der Waals surface area contributed by atoms with Gasteiger partial charge in [-0.2, -0.15) is 0 Å². The van der Waals surface area contributed by atoms with E-state index in [4.69, 9.17) is 9.47 Å². The molecule has 0 spiro atoms. The molecule has 0 saturated heterocycles. The summed E-state index contributed by atoms with van der Waals surface area (Å²) in [5, 5.41) is 8.17. The Bertz CT molecular complexity index is 352. The smallest absolute Gasteiger partial charge is 0.369 e. The summed E-state index contributed by atoms with van der Waals surface area (Å²) in [7, 11) is 0. The zero-order valence-corrected chi connectivity index (χ0v) is 11.2. The molecule has 0 aliphatic heterocycles. The van der Waals surface area contributed by atoms with Gasteiger partial charge in [0.15, 0.2) is 0 Å². The lowest BCUT2D eigenvalue weighted by atomic mass is 10.1. The molecule has 1 heterocycles. The fraction of sp³-hybridized carbons (Fsp3) is 0.727. The second-order valence-corrected chi connectivity index (χ2v) is 4.92. The Morgan fingerprint density at radius 1 is 1.41 bits per heavy atom. The molecule has 0 aliphatic carbocycles.